The van der Waals surface area contributed by atoms with E-state index in [2.05, 4.69) is 0 Å². The van der Waals surface area contributed by atoms with Gasteiger partial charge in [-0.1, -0.05) is 29.8 Å². The van der Waals surface area contributed by atoms with E-state index in [4.69, 9.17) is 21.1 Å². The molecule has 0 aliphatic rings. The van der Waals surface area contributed by atoms with Gasteiger partial charge in [-0.25, -0.2) is 0 Å². The molecule has 0 aromatic heterocycles. The third-order valence-electron chi connectivity index (χ3n) is 3.09. The maximum absolute atomic E-state index is 12.7. The van der Waals surface area contributed by atoms with Gasteiger partial charge in [0.1, 0.15) is 17.1 Å². The second kappa shape index (κ2) is 5.97. The average Bonchev–Trinajstić information content (AvgIpc) is 2.48. The molecular weight excluding hydrogens is 276 g/mol. The molecule has 104 valence electrons. The summed E-state index contributed by atoms with van der Waals surface area (Å²) >= 11 is 6.23. The molecule has 2 aromatic rings. The molecule has 0 fully saturated rings. The number of hydrogen-bond acceptors (Lipinski definition) is 3. The number of carbonyl (C=O) groups excluding carboxylic acids is 1. The van der Waals surface area contributed by atoms with Crippen molar-refractivity contribution in [1.82, 2.24) is 0 Å². The molecule has 0 spiro atoms. The van der Waals surface area contributed by atoms with E-state index in [0.717, 1.165) is 5.56 Å². The lowest BCUT2D eigenvalue weighted by molar-refractivity contribution is 0.103. The quantitative estimate of drug-likeness (QED) is 0.801. The Bertz CT molecular complexity index is 628. The molecule has 0 radical (unpaired) electrons. The van der Waals surface area contributed by atoms with E-state index >= 15 is 0 Å². The highest BCUT2D eigenvalue weighted by Gasteiger charge is 2.22. The Labute approximate surface area is 123 Å². The van der Waals surface area contributed by atoms with Crippen LogP contribution in [0.2, 0.25) is 5.02 Å². The Morgan fingerprint density at radius 1 is 1.00 bits per heavy atom. The highest BCUT2D eigenvalue weighted by molar-refractivity contribution is 6.36. The maximum Gasteiger partial charge on any atom is 0.202 e. The van der Waals surface area contributed by atoms with Gasteiger partial charge in [0.15, 0.2) is 0 Å². The first-order valence-corrected chi connectivity index (χ1v) is 6.48. The van der Waals surface area contributed by atoms with Crippen LogP contribution in [0.3, 0.4) is 0 Å². The van der Waals surface area contributed by atoms with Crippen LogP contribution in [-0.4, -0.2) is 20.0 Å². The molecular formula is C16H15ClO3. The predicted molar refractivity (Wildman–Crippen MR) is 79.2 cm³/mol. The average molecular weight is 291 g/mol. The molecule has 0 unspecified atom stereocenters. The minimum absolute atomic E-state index is 0.215. The van der Waals surface area contributed by atoms with E-state index in [9.17, 15) is 4.79 Å². The van der Waals surface area contributed by atoms with Crippen molar-refractivity contribution in [2.24, 2.45) is 0 Å². The van der Waals surface area contributed by atoms with E-state index in [-0.39, 0.29) is 5.78 Å². The molecule has 0 saturated heterocycles. The predicted octanol–water partition coefficient (Wildman–Crippen LogP) is 3.90. The van der Waals surface area contributed by atoms with Crippen molar-refractivity contribution in [1.29, 1.82) is 0 Å². The second-order valence-electron chi connectivity index (χ2n) is 4.30. The van der Waals surface area contributed by atoms with E-state index < -0.39 is 0 Å². The van der Waals surface area contributed by atoms with Crippen molar-refractivity contribution < 1.29 is 14.3 Å². The van der Waals surface area contributed by atoms with E-state index in [1.807, 2.05) is 13.0 Å². The van der Waals surface area contributed by atoms with Crippen LogP contribution in [0.1, 0.15) is 21.5 Å². The Hall–Kier alpha value is -2.00. The molecule has 0 N–H and O–H groups in total. The molecule has 0 aliphatic carbocycles. The summed E-state index contributed by atoms with van der Waals surface area (Å²) in [6.45, 7) is 1.86. The lowest BCUT2D eigenvalue weighted by Crippen LogP contribution is -2.07. The van der Waals surface area contributed by atoms with Crippen LogP contribution in [0.4, 0.5) is 0 Å². The minimum atomic E-state index is -0.215. The SMILES string of the molecule is COc1cccc(OC)c1C(=O)c1cccc(C)c1Cl. The molecule has 4 heteroatoms. The summed E-state index contributed by atoms with van der Waals surface area (Å²) in [4.78, 5) is 12.7. The standard InChI is InChI=1S/C16H15ClO3/c1-10-6-4-7-11(15(10)17)16(18)14-12(19-2)8-5-9-13(14)20-3/h4-9H,1-3H3. The minimum Gasteiger partial charge on any atom is -0.496 e. The second-order valence-corrected chi connectivity index (χ2v) is 4.68. The number of methoxy groups -OCH3 is 2. The van der Waals surface area contributed by atoms with Gasteiger partial charge < -0.3 is 9.47 Å². The first-order chi connectivity index (χ1) is 9.60. The number of benzene rings is 2. The number of ketones is 1. The van der Waals surface area contributed by atoms with Gasteiger partial charge in [0.05, 0.1) is 19.2 Å². The van der Waals surface area contributed by atoms with Crippen molar-refractivity contribution >= 4 is 17.4 Å². The summed E-state index contributed by atoms with van der Waals surface area (Å²) in [6.07, 6.45) is 0. The molecule has 0 heterocycles. The molecule has 0 aliphatic heterocycles. The zero-order chi connectivity index (χ0) is 14.7. The Morgan fingerprint density at radius 2 is 1.55 bits per heavy atom. The first-order valence-electron chi connectivity index (χ1n) is 6.11. The summed E-state index contributed by atoms with van der Waals surface area (Å²) in [5, 5.41) is 0.449. The third kappa shape index (κ3) is 2.49. The van der Waals surface area contributed by atoms with Gasteiger partial charge in [-0.3, -0.25) is 4.79 Å². The Kier molecular flexibility index (Phi) is 4.30. The van der Waals surface area contributed by atoms with Crippen LogP contribution in [-0.2, 0) is 0 Å². The van der Waals surface area contributed by atoms with Gasteiger partial charge in [-0.05, 0) is 30.7 Å². The van der Waals surface area contributed by atoms with Crippen LogP contribution >= 0.6 is 11.6 Å². The summed E-state index contributed by atoms with van der Waals surface area (Å²) in [5.41, 5.74) is 1.67. The van der Waals surface area contributed by atoms with Gasteiger partial charge in [0.25, 0.3) is 0 Å². The highest BCUT2D eigenvalue weighted by Crippen LogP contribution is 2.33. The zero-order valence-corrected chi connectivity index (χ0v) is 12.3. The van der Waals surface area contributed by atoms with Crippen LogP contribution in [0.15, 0.2) is 36.4 Å². The molecule has 0 saturated carbocycles. The van der Waals surface area contributed by atoms with Crippen molar-refractivity contribution in [2.75, 3.05) is 14.2 Å². The van der Waals surface area contributed by atoms with Gasteiger partial charge in [0.2, 0.25) is 5.78 Å². The smallest absolute Gasteiger partial charge is 0.202 e. The van der Waals surface area contributed by atoms with Gasteiger partial charge in [-0.15, -0.1) is 0 Å². The van der Waals surface area contributed by atoms with Crippen LogP contribution in [0.5, 0.6) is 11.5 Å². The van der Waals surface area contributed by atoms with Crippen LogP contribution in [0, 0.1) is 6.92 Å². The number of aryl methyl sites for hydroxylation is 1. The summed E-state index contributed by atoms with van der Waals surface area (Å²) in [6, 6.07) is 10.6. The monoisotopic (exact) mass is 290 g/mol. The molecule has 3 nitrogen and oxygen atoms in total. The fourth-order valence-corrected chi connectivity index (χ4v) is 2.24. The zero-order valence-electron chi connectivity index (χ0n) is 11.6. The van der Waals surface area contributed by atoms with E-state index in [0.29, 0.717) is 27.6 Å². The topological polar surface area (TPSA) is 35.5 Å². The molecule has 20 heavy (non-hydrogen) atoms. The lowest BCUT2D eigenvalue weighted by Gasteiger charge is -2.13. The summed E-state index contributed by atoms with van der Waals surface area (Å²) < 4.78 is 10.5. The molecule has 0 atom stereocenters. The number of carbonyl (C=O) groups is 1. The van der Waals surface area contributed by atoms with Crippen LogP contribution in [0.25, 0.3) is 0 Å². The number of hydrogen-bond donors (Lipinski definition) is 0. The van der Waals surface area contributed by atoms with Crippen molar-refractivity contribution in [3.63, 3.8) is 0 Å². The van der Waals surface area contributed by atoms with Gasteiger partial charge in [-0.2, -0.15) is 0 Å². The molecule has 2 aromatic carbocycles. The summed E-state index contributed by atoms with van der Waals surface area (Å²) in [5.74, 6) is 0.715. The van der Waals surface area contributed by atoms with Gasteiger partial charge in [0, 0.05) is 5.56 Å². The molecule has 0 bridgehead atoms. The normalized spacial score (nSPS) is 10.2. The maximum atomic E-state index is 12.7. The van der Waals surface area contributed by atoms with Gasteiger partial charge >= 0.3 is 0 Å². The van der Waals surface area contributed by atoms with Crippen molar-refractivity contribution in [3.05, 3.63) is 58.1 Å². The number of rotatable bonds is 4. The third-order valence-corrected chi connectivity index (χ3v) is 3.59. The van der Waals surface area contributed by atoms with E-state index in [1.54, 1.807) is 30.3 Å². The number of halogens is 1. The van der Waals surface area contributed by atoms with Crippen molar-refractivity contribution in [3.8, 4) is 11.5 Å². The summed E-state index contributed by atoms with van der Waals surface area (Å²) in [7, 11) is 3.03. The first kappa shape index (κ1) is 14.4. The van der Waals surface area contributed by atoms with Crippen molar-refractivity contribution in [2.45, 2.75) is 6.92 Å². The van der Waals surface area contributed by atoms with Crippen LogP contribution < -0.4 is 9.47 Å². The largest absolute Gasteiger partial charge is 0.496 e. The fourth-order valence-electron chi connectivity index (χ4n) is 2.03. The Balaban J connectivity index is 2.61. The lowest BCUT2D eigenvalue weighted by atomic mass is 10.00. The Morgan fingerprint density at radius 3 is 2.10 bits per heavy atom. The van der Waals surface area contributed by atoms with E-state index in [1.165, 1.54) is 14.2 Å². The molecule has 0 amide bonds. The molecule has 2 rings (SSSR count). The number of ether oxygens (including phenoxy) is 2. The fraction of sp³-hybridized carbons (Fsp3) is 0.188. The highest BCUT2D eigenvalue weighted by atomic mass is 35.5.